The van der Waals surface area contributed by atoms with E-state index in [4.69, 9.17) is 9.47 Å². The van der Waals surface area contributed by atoms with Gasteiger partial charge in [-0.3, -0.25) is 9.78 Å². The van der Waals surface area contributed by atoms with Crippen LogP contribution in [-0.2, 0) is 0 Å². The Balaban J connectivity index is 1.44. The average Bonchev–Trinajstić information content (AvgIpc) is 3.19. The number of nitrogens with zero attached hydrogens (tertiary/aromatic N) is 1. The maximum absolute atomic E-state index is 12.3. The Morgan fingerprint density at radius 2 is 1.88 bits per heavy atom. The molecular formula is C20H25N3O3. The molecule has 2 N–H and O–H groups in total. The fourth-order valence-electron chi connectivity index (χ4n) is 3.03. The predicted octanol–water partition coefficient (Wildman–Crippen LogP) is 3.25. The fourth-order valence-corrected chi connectivity index (χ4v) is 3.03. The number of anilines is 1. The number of carbonyl (C=O) groups is 1. The van der Waals surface area contributed by atoms with Crippen molar-refractivity contribution in [1.29, 1.82) is 0 Å². The third-order valence-corrected chi connectivity index (χ3v) is 4.44. The molecule has 6 heteroatoms. The first-order valence-corrected chi connectivity index (χ1v) is 9.02. The van der Waals surface area contributed by atoms with Gasteiger partial charge >= 0.3 is 0 Å². The van der Waals surface area contributed by atoms with E-state index in [0.717, 1.165) is 30.0 Å². The summed E-state index contributed by atoms with van der Waals surface area (Å²) >= 11 is 0. The smallest absolute Gasteiger partial charge is 0.270 e. The molecule has 0 spiro atoms. The molecule has 26 heavy (non-hydrogen) atoms. The molecule has 6 nitrogen and oxygen atoms in total. The molecule has 2 aromatic rings. The molecule has 138 valence electrons. The lowest BCUT2D eigenvalue weighted by Gasteiger charge is -2.12. The maximum Gasteiger partial charge on any atom is 0.270 e. The third-order valence-electron chi connectivity index (χ3n) is 4.44. The number of ether oxygens (including phenoxy) is 2. The molecule has 0 saturated heterocycles. The molecule has 1 fully saturated rings. The number of carbonyl (C=O) groups excluding carboxylic acids is 1. The van der Waals surface area contributed by atoms with Gasteiger partial charge in [-0.1, -0.05) is 12.8 Å². The van der Waals surface area contributed by atoms with Gasteiger partial charge in [0.15, 0.2) is 0 Å². The van der Waals surface area contributed by atoms with Crippen LogP contribution in [0.2, 0.25) is 0 Å². The van der Waals surface area contributed by atoms with Crippen LogP contribution in [-0.4, -0.2) is 37.2 Å². The number of hydrogen-bond donors (Lipinski definition) is 2. The van der Waals surface area contributed by atoms with Gasteiger partial charge in [0.1, 0.15) is 23.8 Å². The van der Waals surface area contributed by atoms with Gasteiger partial charge in [-0.15, -0.1) is 0 Å². The molecule has 0 bridgehead atoms. The summed E-state index contributed by atoms with van der Waals surface area (Å²) in [5.74, 6) is 1.49. The molecular weight excluding hydrogens is 330 g/mol. The Hall–Kier alpha value is -2.76. The number of amides is 1. The number of aromatic nitrogens is 1. The summed E-state index contributed by atoms with van der Waals surface area (Å²) in [5.41, 5.74) is 1.30. The SMILES string of the molecule is COc1ccc(OCCNc2ccnc(C(=O)NC3CCCC3)c2)cc1. The van der Waals surface area contributed by atoms with Crippen LogP contribution in [0.5, 0.6) is 11.5 Å². The lowest BCUT2D eigenvalue weighted by Crippen LogP contribution is -2.33. The maximum atomic E-state index is 12.3. The molecule has 0 aliphatic heterocycles. The number of nitrogens with one attached hydrogen (secondary N) is 2. The zero-order valence-corrected chi connectivity index (χ0v) is 15.0. The molecule has 3 rings (SSSR count). The second kappa shape index (κ2) is 9.08. The first kappa shape index (κ1) is 18.0. The summed E-state index contributed by atoms with van der Waals surface area (Å²) in [4.78, 5) is 16.5. The van der Waals surface area contributed by atoms with Crippen LogP contribution < -0.4 is 20.1 Å². The summed E-state index contributed by atoms with van der Waals surface area (Å²) < 4.78 is 10.8. The monoisotopic (exact) mass is 355 g/mol. The van der Waals surface area contributed by atoms with Gasteiger partial charge in [0.25, 0.3) is 5.91 Å². The minimum absolute atomic E-state index is 0.102. The minimum Gasteiger partial charge on any atom is -0.497 e. The molecule has 0 atom stereocenters. The molecule has 0 unspecified atom stereocenters. The molecule has 0 radical (unpaired) electrons. The van der Waals surface area contributed by atoms with Crippen molar-refractivity contribution >= 4 is 11.6 Å². The number of rotatable bonds is 8. The Morgan fingerprint density at radius 3 is 2.62 bits per heavy atom. The number of hydrogen-bond acceptors (Lipinski definition) is 5. The van der Waals surface area contributed by atoms with Gasteiger partial charge in [-0.25, -0.2) is 0 Å². The fraction of sp³-hybridized carbons (Fsp3) is 0.400. The molecule has 1 amide bonds. The van der Waals surface area contributed by atoms with E-state index in [1.54, 1.807) is 19.4 Å². The first-order chi connectivity index (χ1) is 12.7. The highest BCUT2D eigenvalue weighted by atomic mass is 16.5. The Labute approximate surface area is 153 Å². The van der Waals surface area contributed by atoms with E-state index in [1.807, 2.05) is 30.3 Å². The van der Waals surface area contributed by atoms with Gasteiger partial charge in [-0.2, -0.15) is 0 Å². The summed E-state index contributed by atoms with van der Waals surface area (Å²) in [6, 6.07) is 11.4. The second-order valence-electron chi connectivity index (χ2n) is 6.34. The van der Waals surface area contributed by atoms with Gasteiger partial charge in [-0.05, 0) is 49.2 Å². The van der Waals surface area contributed by atoms with E-state index in [2.05, 4.69) is 15.6 Å². The molecule has 1 aromatic carbocycles. The molecule has 1 aromatic heterocycles. The summed E-state index contributed by atoms with van der Waals surface area (Å²) in [5, 5.41) is 6.31. The number of benzene rings is 1. The van der Waals surface area contributed by atoms with Crippen LogP contribution >= 0.6 is 0 Å². The molecule has 1 aliphatic carbocycles. The van der Waals surface area contributed by atoms with E-state index in [9.17, 15) is 4.79 Å². The predicted molar refractivity (Wildman–Crippen MR) is 101 cm³/mol. The van der Waals surface area contributed by atoms with Crippen LogP contribution in [0.25, 0.3) is 0 Å². The number of methoxy groups -OCH3 is 1. The second-order valence-corrected chi connectivity index (χ2v) is 6.34. The van der Waals surface area contributed by atoms with E-state index in [-0.39, 0.29) is 5.91 Å². The van der Waals surface area contributed by atoms with Crippen molar-refractivity contribution in [1.82, 2.24) is 10.3 Å². The zero-order valence-electron chi connectivity index (χ0n) is 15.0. The normalized spacial score (nSPS) is 14.0. The highest BCUT2D eigenvalue weighted by Gasteiger charge is 2.18. The van der Waals surface area contributed by atoms with Crippen LogP contribution in [0.1, 0.15) is 36.2 Å². The van der Waals surface area contributed by atoms with Crippen molar-refractivity contribution in [3.05, 3.63) is 48.3 Å². The lowest BCUT2D eigenvalue weighted by molar-refractivity contribution is 0.0933. The van der Waals surface area contributed by atoms with Crippen molar-refractivity contribution < 1.29 is 14.3 Å². The van der Waals surface area contributed by atoms with Gasteiger partial charge in [0.2, 0.25) is 0 Å². The van der Waals surface area contributed by atoms with E-state index < -0.39 is 0 Å². The lowest BCUT2D eigenvalue weighted by atomic mass is 10.2. The molecule has 1 saturated carbocycles. The van der Waals surface area contributed by atoms with Crippen LogP contribution in [0.3, 0.4) is 0 Å². The van der Waals surface area contributed by atoms with Crippen molar-refractivity contribution in [2.24, 2.45) is 0 Å². The van der Waals surface area contributed by atoms with Gasteiger partial charge in [0.05, 0.1) is 7.11 Å². The molecule has 1 heterocycles. The standard InChI is InChI=1S/C20H25N3O3/c1-25-17-6-8-18(9-7-17)26-13-12-21-16-10-11-22-19(14-16)20(24)23-15-4-2-3-5-15/h6-11,14-15H,2-5,12-13H2,1H3,(H,21,22)(H,23,24). The largest absolute Gasteiger partial charge is 0.497 e. The summed E-state index contributed by atoms with van der Waals surface area (Å²) in [6.45, 7) is 1.14. The van der Waals surface area contributed by atoms with Crippen LogP contribution in [0.4, 0.5) is 5.69 Å². The van der Waals surface area contributed by atoms with Crippen molar-refractivity contribution in [2.45, 2.75) is 31.7 Å². The van der Waals surface area contributed by atoms with E-state index >= 15 is 0 Å². The third kappa shape index (κ3) is 5.12. The van der Waals surface area contributed by atoms with Crippen LogP contribution in [0.15, 0.2) is 42.6 Å². The Kier molecular flexibility index (Phi) is 6.30. The first-order valence-electron chi connectivity index (χ1n) is 9.02. The minimum atomic E-state index is -0.102. The average molecular weight is 355 g/mol. The molecule has 1 aliphatic rings. The van der Waals surface area contributed by atoms with Crippen molar-refractivity contribution in [3.8, 4) is 11.5 Å². The van der Waals surface area contributed by atoms with Crippen molar-refractivity contribution in [3.63, 3.8) is 0 Å². The highest BCUT2D eigenvalue weighted by molar-refractivity contribution is 5.93. The zero-order chi connectivity index (χ0) is 18.2. The topological polar surface area (TPSA) is 72.5 Å². The van der Waals surface area contributed by atoms with Gasteiger partial charge < -0.3 is 20.1 Å². The summed E-state index contributed by atoms with van der Waals surface area (Å²) in [6.07, 6.45) is 6.15. The highest BCUT2D eigenvalue weighted by Crippen LogP contribution is 2.19. The summed E-state index contributed by atoms with van der Waals surface area (Å²) in [7, 11) is 1.64. The van der Waals surface area contributed by atoms with Crippen molar-refractivity contribution in [2.75, 3.05) is 25.6 Å². The quantitative estimate of drug-likeness (QED) is 0.711. The van der Waals surface area contributed by atoms with E-state index in [0.29, 0.717) is 24.9 Å². The Morgan fingerprint density at radius 1 is 1.15 bits per heavy atom. The number of pyridine rings is 1. The van der Waals surface area contributed by atoms with E-state index in [1.165, 1.54) is 12.8 Å². The van der Waals surface area contributed by atoms with Crippen LogP contribution in [0, 0.1) is 0 Å². The Bertz CT molecular complexity index is 712. The van der Waals surface area contributed by atoms with Gasteiger partial charge in [0, 0.05) is 24.5 Å².